The number of hydrogen-bond acceptors (Lipinski definition) is 2. The third kappa shape index (κ3) is 3.20. The zero-order chi connectivity index (χ0) is 13.8. The molecule has 19 heavy (non-hydrogen) atoms. The largest absolute Gasteiger partial charge is 0.378 e. The first kappa shape index (κ1) is 13.3. The molecular formula is C16H17NO2. The molecule has 2 aromatic carbocycles. The molecule has 0 aliphatic rings. The summed E-state index contributed by atoms with van der Waals surface area (Å²) in [5.41, 5.74) is 3.48. The van der Waals surface area contributed by atoms with Crippen molar-refractivity contribution in [1.29, 1.82) is 0 Å². The van der Waals surface area contributed by atoms with Crippen LogP contribution in [0.25, 0.3) is 0 Å². The number of carbonyl (C=O) groups excluding carboxylic acids is 1. The van der Waals surface area contributed by atoms with Gasteiger partial charge in [0.15, 0.2) is 6.10 Å². The highest BCUT2D eigenvalue weighted by molar-refractivity contribution is 5.94. The molecule has 0 spiro atoms. The van der Waals surface area contributed by atoms with Gasteiger partial charge >= 0.3 is 0 Å². The SMILES string of the molecule is Cc1ccc(C(O)C(=O)Nc2ccccc2)cc1C. The Kier molecular flexibility index (Phi) is 3.97. The van der Waals surface area contributed by atoms with E-state index in [-0.39, 0.29) is 0 Å². The molecule has 1 unspecified atom stereocenters. The zero-order valence-corrected chi connectivity index (χ0v) is 11.1. The zero-order valence-electron chi connectivity index (χ0n) is 11.1. The van der Waals surface area contributed by atoms with Crippen LogP contribution in [0.15, 0.2) is 48.5 Å². The van der Waals surface area contributed by atoms with Gasteiger partial charge < -0.3 is 10.4 Å². The standard InChI is InChI=1S/C16H17NO2/c1-11-8-9-13(10-12(11)2)15(18)16(19)17-14-6-4-3-5-7-14/h3-10,15,18H,1-2H3,(H,17,19). The van der Waals surface area contributed by atoms with E-state index in [9.17, 15) is 9.90 Å². The number of para-hydroxylation sites is 1. The van der Waals surface area contributed by atoms with Crippen molar-refractivity contribution in [2.45, 2.75) is 20.0 Å². The van der Waals surface area contributed by atoms with Crippen molar-refractivity contribution in [3.05, 3.63) is 65.2 Å². The number of carbonyl (C=O) groups is 1. The van der Waals surface area contributed by atoms with Gasteiger partial charge in [-0.15, -0.1) is 0 Å². The lowest BCUT2D eigenvalue weighted by Gasteiger charge is -2.13. The van der Waals surface area contributed by atoms with Gasteiger partial charge in [-0.1, -0.05) is 36.4 Å². The highest BCUT2D eigenvalue weighted by Crippen LogP contribution is 2.19. The average Bonchev–Trinajstić information content (AvgIpc) is 2.42. The predicted octanol–water partition coefficient (Wildman–Crippen LogP) is 2.98. The first-order valence-corrected chi connectivity index (χ1v) is 6.19. The quantitative estimate of drug-likeness (QED) is 0.885. The summed E-state index contributed by atoms with van der Waals surface area (Å²) in [6, 6.07) is 14.6. The number of anilines is 1. The summed E-state index contributed by atoms with van der Waals surface area (Å²) in [5.74, 6) is -0.422. The summed E-state index contributed by atoms with van der Waals surface area (Å²) in [6.45, 7) is 3.95. The fourth-order valence-corrected chi connectivity index (χ4v) is 1.82. The Morgan fingerprint density at radius 3 is 2.37 bits per heavy atom. The van der Waals surface area contributed by atoms with Crippen LogP contribution in [0.2, 0.25) is 0 Å². The summed E-state index contributed by atoms with van der Waals surface area (Å²) in [6.07, 6.45) is -1.15. The van der Waals surface area contributed by atoms with Crippen molar-refractivity contribution in [3.8, 4) is 0 Å². The van der Waals surface area contributed by atoms with E-state index in [1.807, 2.05) is 44.2 Å². The molecule has 2 rings (SSSR count). The number of nitrogens with one attached hydrogen (secondary N) is 1. The number of rotatable bonds is 3. The second-order valence-electron chi connectivity index (χ2n) is 4.60. The summed E-state index contributed by atoms with van der Waals surface area (Å²) in [5, 5.41) is 12.7. The van der Waals surface area contributed by atoms with Crippen LogP contribution >= 0.6 is 0 Å². The molecule has 0 aliphatic carbocycles. The monoisotopic (exact) mass is 255 g/mol. The number of aliphatic hydroxyl groups excluding tert-OH is 1. The van der Waals surface area contributed by atoms with Crippen LogP contribution in [0.5, 0.6) is 0 Å². The molecule has 2 N–H and O–H groups in total. The molecule has 2 aromatic rings. The van der Waals surface area contributed by atoms with E-state index in [1.54, 1.807) is 18.2 Å². The third-order valence-corrected chi connectivity index (χ3v) is 3.14. The Labute approximate surface area is 112 Å². The van der Waals surface area contributed by atoms with Crippen molar-refractivity contribution < 1.29 is 9.90 Å². The maximum Gasteiger partial charge on any atom is 0.257 e. The van der Waals surface area contributed by atoms with Gasteiger partial charge in [-0.05, 0) is 42.7 Å². The molecule has 0 saturated carbocycles. The van der Waals surface area contributed by atoms with E-state index >= 15 is 0 Å². The van der Waals surface area contributed by atoms with E-state index in [2.05, 4.69) is 5.32 Å². The maximum absolute atomic E-state index is 11.9. The second kappa shape index (κ2) is 5.67. The Morgan fingerprint density at radius 2 is 1.74 bits per heavy atom. The van der Waals surface area contributed by atoms with Crippen molar-refractivity contribution >= 4 is 11.6 Å². The minimum absolute atomic E-state index is 0.422. The highest BCUT2D eigenvalue weighted by Gasteiger charge is 2.17. The fourth-order valence-electron chi connectivity index (χ4n) is 1.82. The Hall–Kier alpha value is -2.13. The third-order valence-electron chi connectivity index (χ3n) is 3.14. The molecule has 0 aromatic heterocycles. The molecule has 0 radical (unpaired) electrons. The van der Waals surface area contributed by atoms with Gasteiger partial charge in [-0.3, -0.25) is 4.79 Å². The number of hydrogen-bond donors (Lipinski definition) is 2. The first-order chi connectivity index (χ1) is 9.08. The summed E-state index contributed by atoms with van der Waals surface area (Å²) in [7, 11) is 0. The average molecular weight is 255 g/mol. The lowest BCUT2D eigenvalue weighted by Crippen LogP contribution is -2.20. The van der Waals surface area contributed by atoms with Crippen LogP contribution in [-0.4, -0.2) is 11.0 Å². The summed E-state index contributed by atoms with van der Waals surface area (Å²) >= 11 is 0. The molecule has 0 bridgehead atoms. The second-order valence-corrected chi connectivity index (χ2v) is 4.60. The van der Waals surface area contributed by atoms with E-state index in [1.165, 1.54) is 0 Å². The van der Waals surface area contributed by atoms with E-state index in [4.69, 9.17) is 0 Å². The number of benzene rings is 2. The van der Waals surface area contributed by atoms with Gasteiger partial charge in [0.1, 0.15) is 0 Å². The molecule has 98 valence electrons. The van der Waals surface area contributed by atoms with Gasteiger partial charge in [-0.25, -0.2) is 0 Å². The Balaban J connectivity index is 2.12. The summed E-state index contributed by atoms with van der Waals surface area (Å²) < 4.78 is 0. The van der Waals surface area contributed by atoms with Crippen molar-refractivity contribution in [2.75, 3.05) is 5.32 Å². The number of aryl methyl sites for hydroxylation is 2. The van der Waals surface area contributed by atoms with Crippen molar-refractivity contribution in [2.24, 2.45) is 0 Å². The number of amides is 1. The van der Waals surface area contributed by atoms with Crippen molar-refractivity contribution in [3.63, 3.8) is 0 Å². The fraction of sp³-hybridized carbons (Fsp3) is 0.188. The first-order valence-electron chi connectivity index (χ1n) is 6.19. The van der Waals surface area contributed by atoms with E-state index in [0.29, 0.717) is 11.3 Å². The Morgan fingerprint density at radius 1 is 1.05 bits per heavy atom. The van der Waals surface area contributed by atoms with Gasteiger partial charge in [0.05, 0.1) is 0 Å². The van der Waals surface area contributed by atoms with Gasteiger partial charge in [-0.2, -0.15) is 0 Å². The van der Waals surface area contributed by atoms with E-state index in [0.717, 1.165) is 11.1 Å². The molecular weight excluding hydrogens is 238 g/mol. The van der Waals surface area contributed by atoms with Gasteiger partial charge in [0, 0.05) is 5.69 Å². The molecule has 0 aliphatic heterocycles. The number of aliphatic hydroxyl groups is 1. The molecule has 0 saturated heterocycles. The molecule has 0 heterocycles. The van der Waals surface area contributed by atoms with Crippen LogP contribution < -0.4 is 5.32 Å². The van der Waals surface area contributed by atoms with Crippen LogP contribution in [0.1, 0.15) is 22.8 Å². The minimum atomic E-state index is -1.15. The highest BCUT2D eigenvalue weighted by atomic mass is 16.3. The minimum Gasteiger partial charge on any atom is -0.378 e. The maximum atomic E-state index is 11.9. The summed E-state index contributed by atoms with van der Waals surface area (Å²) in [4.78, 5) is 11.9. The Bertz CT molecular complexity index is 579. The van der Waals surface area contributed by atoms with Crippen molar-refractivity contribution in [1.82, 2.24) is 0 Å². The predicted molar refractivity (Wildman–Crippen MR) is 75.9 cm³/mol. The van der Waals surface area contributed by atoms with Crippen LogP contribution in [0.3, 0.4) is 0 Å². The van der Waals surface area contributed by atoms with Crippen LogP contribution in [-0.2, 0) is 4.79 Å². The van der Waals surface area contributed by atoms with E-state index < -0.39 is 12.0 Å². The van der Waals surface area contributed by atoms with Crippen LogP contribution in [0, 0.1) is 13.8 Å². The molecule has 3 heteroatoms. The molecule has 0 fully saturated rings. The van der Waals surface area contributed by atoms with Crippen LogP contribution in [0.4, 0.5) is 5.69 Å². The lowest BCUT2D eigenvalue weighted by atomic mass is 10.0. The lowest BCUT2D eigenvalue weighted by molar-refractivity contribution is -0.124. The normalized spacial score (nSPS) is 11.9. The van der Waals surface area contributed by atoms with Gasteiger partial charge in [0.2, 0.25) is 0 Å². The topological polar surface area (TPSA) is 49.3 Å². The molecule has 3 nitrogen and oxygen atoms in total. The smallest absolute Gasteiger partial charge is 0.257 e. The molecule has 1 atom stereocenters. The van der Waals surface area contributed by atoms with Gasteiger partial charge in [0.25, 0.3) is 5.91 Å². The molecule has 1 amide bonds.